The SMILES string of the molecule is CC(C)C(=O)Nc1ccc(NC(=O)[C@@]23CCCC[C@H]2CNC3)cc1.Cl. The molecule has 0 radical (unpaired) electrons. The van der Waals surface area contributed by atoms with Crippen molar-refractivity contribution in [2.75, 3.05) is 23.7 Å². The second-order valence-corrected chi connectivity index (χ2v) is 7.41. The Kier molecular flexibility index (Phi) is 6.47. The third kappa shape index (κ3) is 4.15. The van der Waals surface area contributed by atoms with Gasteiger partial charge in [-0.05, 0) is 49.6 Å². The van der Waals surface area contributed by atoms with E-state index in [-0.39, 0.29) is 35.6 Å². The summed E-state index contributed by atoms with van der Waals surface area (Å²) in [6, 6.07) is 7.37. The van der Waals surface area contributed by atoms with Crippen LogP contribution in [0.4, 0.5) is 11.4 Å². The molecule has 1 aromatic carbocycles. The van der Waals surface area contributed by atoms with Crippen molar-refractivity contribution < 1.29 is 9.59 Å². The molecule has 3 N–H and O–H groups in total. The minimum absolute atomic E-state index is 0. The van der Waals surface area contributed by atoms with Crippen LogP contribution in [-0.4, -0.2) is 24.9 Å². The third-order valence-electron chi connectivity index (χ3n) is 5.43. The maximum atomic E-state index is 12.9. The zero-order valence-corrected chi connectivity index (χ0v) is 15.7. The first kappa shape index (κ1) is 19.7. The predicted octanol–water partition coefficient (Wildman–Crippen LogP) is 3.42. The van der Waals surface area contributed by atoms with Crippen LogP contribution in [0.15, 0.2) is 24.3 Å². The molecular weight excluding hydrogens is 338 g/mol. The van der Waals surface area contributed by atoms with Gasteiger partial charge in [0.15, 0.2) is 0 Å². The van der Waals surface area contributed by atoms with Crippen molar-refractivity contribution in [1.82, 2.24) is 5.32 Å². The maximum Gasteiger partial charge on any atom is 0.232 e. The Morgan fingerprint density at radius 1 is 1.12 bits per heavy atom. The van der Waals surface area contributed by atoms with Crippen LogP contribution in [0.25, 0.3) is 0 Å². The van der Waals surface area contributed by atoms with Gasteiger partial charge >= 0.3 is 0 Å². The Morgan fingerprint density at radius 3 is 2.40 bits per heavy atom. The van der Waals surface area contributed by atoms with Gasteiger partial charge in [-0.15, -0.1) is 12.4 Å². The van der Waals surface area contributed by atoms with Gasteiger partial charge in [-0.2, -0.15) is 0 Å². The molecule has 2 atom stereocenters. The molecule has 0 aromatic heterocycles. The summed E-state index contributed by atoms with van der Waals surface area (Å²) in [5.41, 5.74) is 1.29. The van der Waals surface area contributed by atoms with Crippen LogP contribution < -0.4 is 16.0 Å². The smallest absolute Gasteiger partial charge is 0.232 e. The molecule has 2 fully saturated rings. The van der Waals surface area contributed by atoms with Crippen molar-refractivity contribution in [2.45, 2.75) is 39.5 Å². The first-order chi connectivity index (χ1) is 11.5. The highest BCUT2D eigenvalue weighted by Gasteiger charge is 2.49. The Hall–Kier alpha value is -1.59. The molecule has 1 heterocycles. The van der Waals surface area contributed by atoms with E-state index in [2.05, 4.69) is 16.0 Å². The Balaban J connectivity index is 0.00000225. The van der Waals surface area contributed by atoms with Crippen LogP contribution in [0.3, 0.4) is 0 Å². The summed E-state index contributed by atoms with van der Waals surface area (Å²) in [7, 11) is 0. The lowest BCUT2D eigenvalue weighted by Crippen LogP contribution is -2.44. The number of carbonyl (C=O) groups is 2. The topological polar surface area (TPSA) is 70.2 Å². The molecule has 3 rings (SSSR count). The summed E-state index contributed by atoms with van der Waals surface area (Å²) in [5, 5.41) is 9.35. The van der Waals surface area contributed by atoms with Crippen molar-refractivity contribution in [3.63, 3.8) is 0 Å². The molecule has 0 spiro atoms. The van der Waals surface area contributed by atoms with Gasteiger partial charge in [0.05, 0.1) is 5.41 Å². The summed E-state index contributed by atoms with van der Waals surface area (Å²) in [6.07, 6.45) is 4.47. The fourth-order valence-corrected chi connectivity index (χ4v) is 3.87. The van der Waals surface area contributed by atoms with E-state index in [4.69, 9.17) is 0 Å². The second kappa shape index (κ2) is 8.19. The van der Waals surface area contributed by atoms with E-state index in [9.17, 15) is 9.59 Å². The van der Waals surface area contributed by atoms with E-state index >= 15 is 0 Å². The number of hydrogen-bond acceptors (Lipinski definition) is 3. The van der Waals surface area contributed by atoms with E-state index in [1.165, 1.54) is 6.42 Å². The summed E-state index contributed by atoms with van der Waals surface area (Å²) < 4.78 is 0. The number of fused-ring (bicyclic) bond motifs is 1. The van der Waals surface area contributed by atoms with Crippen molar-refractivity contribution in [3.8, 4) is 0 Å². The molecule has 1 saturated heterocycles. The van der Waals surface area contributed by atoms with Crippen LogP contribution in [0.2, 0.25) is 0 Å². The number of anilines is 2. The van der Waals surface area contributed by atoms with Gasteiger partial charge in [0.2, 0.25) is 11.8 Å². The van der Waals surface area contributed by atoms with Crippen LogP contribution in [-0.2, 0) is 9.59 Å². The number of carbonyl (C=O) groups excluding carboxylic acids is 2. The van der Waals surface area contributed by atoms with Gasteiger partial charge < -0.3 is 16.0 Å². The normalized spacial score (nSPS) is 25.0. The zero-order valence-electron chi connectivity index (χ0n) is 14.9. The van der Waals surface area contributed by atoms with Crippen LogP contribution in [0.5, 0.6) is 0 Å². The van der Waals surface area contributed by atoms with E-state index in [1.54, 1.807) is 0 Å². The number of benzene rings is 1. The van der Waals surface area contributed by atoms with Gasteiger partial charge in [-0.1, -0.05) is 26.7 Å². The standard InChI is InChI=1S/C19H27N3O2.ClH/c1-13(2)17(23)21-15-6-8-16(9-7-15)22-18(24)19-10-4-3-5-14(19)11-20-12-19;/h6-9,13-14,20H,3-5,10-12H2,1-2H3,(H,21,23)(H,22,24);1H/t14-,19+;/m0./s1. The van der Waals surface area contributed by atoms with Gasteiger partial charge in [-0.3, -0.25) is 9.59 Å². The van der Waals surface area contributed by atoms with Gasteiger partial charge in [-0.25, -0.2) is 0 Å². The summed E-state index contributed by atoms with van der Waals surface area (Å²) in [6.45, 7) is 5.46. The van der Waals surface area contributed by atoms with Gasteiger partial charge in [0.25, 0.3) is 0 Å². The van der Waals surface area contributed by atoms with Crippen LogP contribution >= 0.6 is 12.4 Å². The Bertz CT molecular complexity index is 618. The molecule has 25 heavy (non-hydrogen) atoms. The quantitative estimate of drug-likeness (QED) is 0.765. The minimum atomic E-state index is -0.247. The highest BCUT2D eigenvalue weighted by atomic mass is 35.5. The lowest BCUT2D eigenvalue weighted by atomic mass is 9.67. The summed E-state index contributed by atoms with van der Waals surface area (Å²) >= 11 is 0. The first-order valence-electron chi connectivity index (χ1n) is 8.94. The van der Waals surface area contributed by atoms with Crippen LogP contribution in [0, 0.1) is 17.3 Å². The molecular formula is C19H28ClN3O2. The van der Waals surface area contributed by atoms with Crippen LogP contribution in [0.1, 0.15) is 39.5 Å². The van der Waals surface area contributed by atoms with E-state index in [0.717, 1.165) is 43.7 Å². The molecule has 1 aliphatic heterocycles. The molecule has 1 saturated carbocycles. The number of hydrogen-bond donors (Lipinski definition) is 3. The fourth-order valence-electron chi connectivity index (χ4n) is 3.87. The predicted molar refractivity (Wildman–Crippen MR) is 103 cm³/mol. The molecule has 2 amide bonds. The lowest BCUT2D eigenvalue weighted by molar-refractivity contribution is -0.128. The molecule has 2 aliphatic rings. The molecule has 0 bridgehead atoms. The highest BCUT2D eigenvalue weighted by Crippen LogP contribution is 2.44. The fraction of sp³-hybridized carbons (Fsp3) is 0.579. The molecule has 0 unspecified atom stereocenters. The summed E-state index contributed by atoms with van der Waals surface area (Å²) in [5.74, 6) is 0.529. The van der Waals surface area contributed by atoms with Gasteiger partial charge in [0, 0.05) is 23.8 Å². The molecule has 5 nitrogen and oxygen atoms in total. The Morgan fingerprint density at radius 2 is 1.76 bits per heavy atom. The number of rotatable bonds is 4. The first-order valence-corrected chi connectivity index (χ1v) is 8.94. The second-order valence-electron chi connectivity index (χ2n) is 7.41. The Labute approximate surface area is 155 Å². The van der Waals surface area contributed by atoms with Crippen molar-refractivity contribution in [1.29, 1.82) is 0 Å². The highest BCUT2D eigenvalue weighted by molar-refractivity contribution is 5.97. The number of amides is 2. The number of nitrogens with one attached hydrogen (secondary N) is 3. The van der Waals surface area contributed by atoms with Crippen molar-refractivity contribution in [3.05, 3.63) is 24.3 Å². The van der Waals surface area contributed by atoms with E-state index in [1.807, 2.05) is 38.1 Å². The average Bonchev–Trinajstić information content (AvgIpc) is 3.01. The van der Waals surface area contributed by atoms with E-state index < -0.39 is 0 Å². The van der Waals surface area contributed by atoms with Crippen molar-refractivity contribution in [2.24, 2.45) is 17.3 Å². The maximum absolute atomic E-state index is 12.9. The van der Waals surface area contributed by atoms with Gasteiger partial charge in [0.1, 0.15) is 0 Å². The van der Waals surface area contributed by atoms with E-state index in [0.29, 0.717) is 5.92 Å². The number of halogens is 1. The molecule has 1 aromatic rings. The summed E-state index contributed by atoms with van der Waals surface area (Å²) in [4.78, 5) is 24.6. The average molecular weight is 366 g/mol. The largest absolute Gasteiger partial charge is 0.326 e. The lowest BCUT2D eigenvalue weighted by Gasteiger charge is -2.37. The molecule has 138 valence electrons. The molecule has 1 aliphatic carbocycles. The minimum Gasteiger partial charge on any atom is -0.326 e. The van der Waals surface area contributed by atoms with Crippen molar-refractivity contribution >= 4 is 35.6 Å². The monoisotopic (exact) mass is 365 g/mol. The zero-order chi connectivity index (χ0) is 17.2. The molecule has 6 heteroatoms. The third-order valence-corrected chi connectivity index (χ3v) is 5.43.